The molecule has 2 N–H and O–H groups in total. The Balaban J connectivity index is 3.10. The van der Waals surface area contributed by atoms with Crippen LogP contribution in [0.15, 0.2) is 42.5 Å². The normalized spacial score (nSPS) is 14.5. The number of halogens is 19. The maximum absolute atomic E-state index is 15.3. The van der Waals surface area contributed by atoms with E-state index in [1.807, 2.05) is 5.32 Å². The van der Waals surface area contributed by atoms with Gasteiger partial charge < -0.3 is 10.6 Å². The number of nitrogens with one attached hydrogen (secondary N) is 2. The third-order valence-corrected chi connectivity index (χ3v) is 6.52. The smallest absolute Gasteiger partial charge is 0.326 e. The molecule has 0 saturated heterocycles. The first-order valence-corrected chi connectivity index (χ1v) is 12.1. The predicted octanol–water partition coefficient (Wildman–Crippen LogP) is 9.21. The number of benzene rings is 2. The van der Waals surface area contributed by atoms with Crippen molar-refractivity contribution in [2.24, 2.45) is 0 Å². The summed E-state index contributed by atoms with van der Waals surface area (Å²) in [5.41, 5.74) is -16.0. The molecule has 0 aliphatic rings. The minimum Gasteiger partial charge on any atom is -0.326 e. The van der Waals surface area contributed by atoms with Crippen LogP contribution in [0.1, 0.15) is 30.5 Å². The highest BCUT2D eigenvalue weighted by atomic mass is 19.4. The summed E-state index contributed by atoms with van der Waals surface area (Å²) in [5.74, 6) is -43.3. The quantitative estimate of drug-likeness (QED) is 0.253. The van der Waals surface area contributed by atoms with Crippen LogP contribution in [-0.4, -0.2) is 54.0 Å². The first-order valence-electron chi connectivity index (χ1n) is 12.1. The highest BCUT2D eigenvalue weighted by Gasteiger charge is 2.91. The zero-order chi connectivity index (χ0) is 37.9. The van der Waals surface area contributed by atoms with Crippen molar-refractivity contribution in [3.63, 3.8) is 0 Å². The van der Waals surface area contributed by atoms with Gasteiger partial charge in [-0.15, -0.1) is 0 Å². The molecule has 2 aromatic rings. The molecule has 0 aliphatic carbocycles. The summed E-state index contributed by atoms with van der Waals surface area (Å²) in [6, 6.07) is -1.28. The van der Waals surface area contributed by atoms with Crippen LogP contribution in [-0.2, 0) is 20.9 Å². The van der Waals surface area contributed by atoms with Crippen LogP contribution in [0, 0.1) is 0 Å². The molecular weight excluding hydrogens is 721 g/mol. The molecule has 2 rings (SSSR count). The summed E-state index contributed by atoms with van der Waals surface area (Å²) in [5, 5.41) is 3.04. The van der Waals surface area contributed by atoms with Crippen LogP contribution >= 0.6 is 0 Å². The standard InChI is InChI=1S/C25H15F19N2O2/c1-10(47)45-14-6-3-12(4-7-14)17(23(36,37)38,24(39,40)41)13-5-8-16(46-11(2)48)15(9-13)18(26,27)19(28,29)20(30,31)21(32,33)22(34,35)25(42,43)44/h3-9H,1-2H3,(H,45,47)(H,46,48). The van der Waals surface area contributed by atoms with Crippen molar-refractivity contribution < 1.29 is 93.0 Å². The van der Waals surface area contributed by atoms with Gasteiger partial charge in [0.05, 0.1) is 11.3 Å². The van der Waals surface area contributed by atoms with Gasteiger partial charge in [-0.05, 0) is 35.4 Å². The van der Waals surface area contributed by atoms with Gasteiger partial charge in [0.1, 0.15) is 0 Å². The molecule has 270 valence electrons. The summed E-state index contributed by atoms with van der Waals surface area (Å²) in [7, 11) is 0. The number of amides is 2. The second-order valence-electron chi connectivity index (χ2n) is 9.82. The summed E-state index contributed by atoms with van der Waals surface area (Å²) >= 11 is 0. The Hall–Kier alpha value is -3.95. The van der Waals surface area contributed by atoms with E-state index in [-0.39, 0.29) is 12.1 Å². The predicted molar refractivity (Wildman–Crippen MR) is 124 cm³/mol. The SMILES string of the molecule is CC(=O)Nc1ccc(C(c2ccc(NC(C)=O)c(C(F)(F)C(F)(F)C(F)(F)C(F)(F)C(F)(F)C(F)(F)F)c2)(C(F)(F)F)C(F)(F)F)cc1. The maximum atomic E-state index is 15.3. The number of carbonyl (C=O) groups excluding carboxylic acids is 2. The van der Waals surface area contributed by atoms with E-state index in [2.05, 4.69) is 0 Å². The molecule has 0 atom stereocenters. The molecule has 0 radical (unpaired) electrons. The van der Waals surface area contributed by atoms with Gasteiger partial charge in [0.2, 0.25) is 17.2 Å². The number of rotatable bonds is 9. The summed E-state index contributed by atoms with van der Waals surface area (Å²) in [4.78, 5) is 22.6. The lowest BCUT2D eigenvalue weighted by Gasteiger charge is -2.41. The number of hydrogen-bond acceptors (Lipinski definition) is 2. The van der Waals surface area contributed by atoms with Gasteiger partial charge in [0, 0.05) is 19.5 Å². The molecule has 0 saturated carbocycles. The number of alkyl halides is 19. The van der Waals surface area contributed by atoms with Gasteiger partial charge in [-0.2, -0.15) is 83.4 Å². The van der Waals surface area contributed by atoms with Gasteiger partial charge in [0.25, 0.3) is 0 Å². The van der Waals surface area contributed by atoms with Gasteiger partial charge in [-0.3, -0.25) is 9.59 Å². The number of hydrogen-bond donors (Lipinski definition) is 2. The van der Waals surface area contributed by atoms with E-state index in [4.69, 9.17) is 0 Å². The molecule has 2 aromatic carbocycles. The highest BCUT2D eigenvalue weighted by molar-refractivity contribution is 5.90. The van der Waals surface area contributed by atoms with Crippen molar-refractivity contribution in [1.29, 1.82) is 0 Å². The minimum absolute atomic E-state index is 0.00563. The lowest BCUT2D eigenvalue weighted by atomic mass is 9.72. The van der Waals surface area contributed by atoms with Gasteiger partial charge >= 0.3 is 48.1 Å². The minimum atomic E-state index is -8.48. The Labute approximate surface area is 254 Å². The maximum Gasteiger partial charge on any atom is 0.460 e. The Kier molecular flexibility index (Phi) is 9.96. The largest absolute Gasteiger partial charge is 0.460 e. The average Bonchev–Trinajstić information content (AvgIpc) is 2.87. The molecule has 23 heteroatoms. The fourth-order valence-electron chi connectivity index (χ4n) is 4.26. The molecule has 48 heavy (non-hydrogen) atoms. The van der Waals surface area contributed by atoms with E-state index in [1.54, 1.807) is 0 Å². The van der Waals surface area contributed by atoms with Crippen molar-refractivity contribution >= 4 is 23.2 Å². The molecule has 0 bridgehead atoms. The van der Waals surface area contributed by atoms with Crippen molar-refractivity contribution in [3.05, 3.63) is 59.2 Å². The fourth-order valence-corrected chi connectivity index (χ4v) is 4.26. The molecule has 0 spiro atoms. The van der Waals surface area contributed by atoms with Crippen LogP contribution < -0.4 is 10.6 Å². The van der Waals surface area contributed by atoms with Crippen LogP contribution in [0.2, 0.25) is 0 Å². The number of anilines is 2. The molecule has 0 unspecified atom stereocenters. The van der Waals surface area contributed by atoms with E-state index in [0.717, 1.165) is 12.2 Å². The van der Waals surface area contributed by atoms with Crippen LogP contribution in [0.25, 0.3) is 0 Å². The van der Waals surface area contributed by atoms with Crippen molar-refractivity contribution in [2.45, 2.75) is 67.4 Å². The molecule has 0 aliphatic heterocycles. The summed E-state index contributed by atoms with van der Waals surface area (Å²) in [6.07, 6.45) is -21.3. The van der Waals surface area contributed by atoms with Crippen molar-refractivity contribution in [3.8, 4) is 0 Å². The summed E-state index contributed by atoms with van der Waals surface area (Å²) < 4.78 is 267. The van der Waals surface area contributed by atoms with Gasteiger partial charge in [-0.25, -0.2) is 0 Å². The molecule has 2 amide bonds. The van der Waals surface area contributed by atoms with Crippen molar-refractivity contribution in [1.82, 2.24) is 0 Å². The fraction of sp³-hybridized carbons (Fsp3) is 0.440. The third-order valence-electron chi connectivity index (χ3n) is 6.52. The molecule has 0 fully saturated rings. The second kappa shape index (κ2) is 11.9. The Morgan fingerprint density at radius 2 is 0.875 bits per heavy atom. The van der Waals surface area contributed by atoms with E-state index in [1.165, 1.54) is 0 Å². The van der Waals surface area contributed by atoms with E-state index < -0.39 is 112 Å². The zero-order valence-electron chi connectivity index (χ0n) is 23.0. The van der Waals surface area contributed by atoms with E-state index >= 15 is 8.78 Å². The van der Waals surface area contributed by atoms with Crippen LogP contribution in [0.5, 0.6) is 0 Å². The van der Waals surface area contributed by atoms with Gasteiger partial charge in [0.15, 0.2) is 0 Å². The van der Waals surface area contributed by atoms with E-state index in [0.29, 0.717) is 19.1 Å². The lowest BCUT2D eigenvalue weighted by Crippen LogP contribution is -2.69. The molecule has 4 nitrogen and oxygen atoms in total. The first kappa shape index (κ1) is 40.2. The van der Waals surface area contributed by atoms with Crippen molar-refractivity contribution in [2.75, 3.05) is 10.6 Å². The monoisotopic (exact) mass is 736 g/mol. The number of carbonyl (C=O) groups is 2. The topological polar surface area (TPSA) is 58.2 Å². The molecule has 0 heterocycles. The zero-order valence-corrected chi connectivity index (χ0v) is 23.0. The van der Waals surface area contributed by atoms with E-state index in [9.17, 15) is 84.2 Å². The van der Waals surface area contributed by atoms with Crippen LogP contribution in [0.3, 0.4) is 0 Å². The summed E-state index contributed by atoms with van der Waals surface area (Å²) in [6.45, 7) is 1.16. The average molecular weight is 736 g/mol. The van der Waals surface area contributed by atoms with Gasteiger partial charge in [-0.1, -0.05) is 18.2 Å². The Morgan fingerprint density at radius 3 is 1.25 bits per heavy atom. The Morgan fingerprint density at radius 1 is 0.479 bits per heavy atom. The molecule has 0 aromatic heterocycles. The first-order chi connectivity index (χ1) is 21.2. The highest BCUT2D eigenvalue weighted by Crippen LogP contribution is 2.63. The second-order valence-corrected chi connectivity index (χ2v) is 9.82. The molecular formula is C25H15F19N2O2. The lowest BCUT2D eigenvalue weighted by molar-refractivity contribution is -0.441. The Bertz CT molecular complexity index is 1510. The third kappa shape index (κ3) is 6.07. The van der Waals surface area contributed by atoms with Crippen LogP contribution in [0.4, 0.5) is 94.8 Å².